The summed E-state index contributed by atoms with van der Waals surface area (Å²) in [5.41, 5.74) is 1.04. The summed E-state index contributed by atoms with van der Waals surface area (Å²) in [6, 6.07) is 20.8. The molecule has 0 fully saturated rings. The van der Waals surface area contributed by atoms with Crippen molar-refractivity contribution in [2.24, 2.45) is 0 Å². The first-order valence-electron chi connectivity index (χ1n) is 7.07. The van der Waals surface area contributed by atoms with Gasteiger partial charge in [-0.25, -0.2) is 0 Å². The molecule has 0 saturated heterocycles. The van der Waals surface area contributed by atoms with Gasteiger partial charge in [0.2, 0.25) is 0 Å². The monoisotopic (exact) mass is 287 g/mol. The van der Waals surface area contributed by atoms with Crippen molar-refractivity contribution in [2.75, 3.05) is 0 Å². The Labute approximate surface area is 126 Å². The summed E-state index contributed by atoms with van der Waals surface area (Å²) in [4.78, 5) is 15.2. The Morgan fingerprint density at radius 3 is 2.05 bits per heavy atom. The average Bonchev–Trinajstić information content (AvgIpc) is 2.57. The smallest absolute Gasteiger partial charge is 0.256 e. The molecule has 4 rings (SSSR count). The largest absolute Gasteiger partial charge is 0.505 e. The zero-order valence-electron chi connectivity index (χ0n) is 11.7. The van der Waals surface area contributed by atoms with E-state index in [-0.39, 0.29) is 11.3 Å². The highest BCUT2D eigenvalue weighted by Crippen LogP contribution is 2.34. The number of benzene rings is 3. The highest BCUT2D eigenvalue weighted by Gasteiger charge is 2.12. The number of fused-ring (bicyclic) bond motifs is 2. The molecule has 2 N–H and O–H groups in total. The van der Waals surface area contributed by atoms with Gasteiger partial charge in [-0.2, -0.15) is 0 Å². The molecule has 0 radical (unpaired) electrons. The van der Waals surface area contributed by atoms with Crippen LogP contribution in [0.4, 0.5) is 0 Å². The number of pyridine rings is 1. The van der Waals surface area contributed by atoms with Crippen LogP contribution in [0.2, 0.25) is 0 Å². The van der Waals surface area contributed by atoms with Gasteiger partial charge in [-0.15, -0.1) is 0 Å². The molecule has 0 saturated carbocycles. The predicted octanol–water partition coefficient (Wildman–Crippen LogP) is 4.05. The number of hydrogen-bond acceptors (Lipinski definition) is 2. The number of nitrogens with one attached hydrogen (secondary N) is 1. The molecule has 0 aliphatic carbocycles. The Bertz CT molecular complexity index is 1050. The Morgan fingerprint density at radius 1 is 0.773 bits per heavy atom. The first kappa shape index (κ1) is 12.7. The lowest BCUT2D eigenvalue weighted by Crippen LogP contribution is -2.07. The number of aromatic hydroxyl groups is 1. The lowest BCUT2D eigenvalue weighted by molar-refractivity contribution is 0.481. The van der Waals surface area contributed by atoms with Gasteiger partial charge in [0.25, 0.3) is 5.56 Å². The van der Waals surface area contributed by atoms with Crippen molar-refractivity contribution in [1.82, 2.24) is 4.98 Å². The van der Waals surface area contributed by atoms with Gasteiger partial charge in [-0.05, 0) is 22.9 Å². The first-order valence-corrected chi connectivity index (χ1v) is 7.07. The van der Waals surface area contributed by atoms with Gasteiger partial charge in [0.05, 0.1) is 11.1 Å². The Morgan fingerprint density at radius 2 is 1.36 bits per heavy atom. The van der Waals surface area contributed by atoms with Crippen LogP contribution in [0.1, 0.15) is 0 Å². The minimum absolute atomic E-state index is 0.103. The normalized spacial score (nSPS) is 11.1. The third-order valence-electron chi connectivity index (χ3n) is 3.92. The van der Waals surface area contributed by atoms with E-state index in [0.29, 0.717) is 16.5 Å². The van der Waals surface area contributed by atoms with Crippen LogP contribution in [-0.2, 0) is 0 Å². The van der Waals surface area contributed by atoms with E-state index >= 15 is 0 Å². The van der Waals surface area contributed by atoms with E-state index in [4.69, 9.17) is 0 Å². The summed E-state index contributed by atoms with van der Waals surface area (Å²) in [5, 5.41) is 13.7. The maximum atomic E-state index is 12.4. The summed E-state index contributed by atoms with van der Waals surface area (Å²) in [6.45, 7) is 0. The lowest BCUT2D eigenvalue weighted by Gasteiger charge is -2.09. The Kier molecular flexibility index (Phi) is 2.73. The SMILES string of the molecule is O=c1[nH]c(-c2ccccc2)c(O)c2cc3ccccc3cc12. The van der Waals surface area contributed by atoms with E-state index in [1.165, 1.54) is 0 Å². The van der Waals surface area contributed by atoms with Crippen LogP contribution in [-0.4, -0.2) is 10.1 Å². The topological polar surface area (TPSA) is 53.1 Å². The molecule has 0 aliphatic heterocycles. The fourth-order valence-electron chi connectivity index (χ4n) is 2.81. The van der Waals surface area contributed by atoms with E-state index in [1.807, 2.05) is 66.7 Å². The summed E-state index contributed by atoms with van der Waals surface area (Å²) < 4.78 is 0. The fraction of sp³-hybridized carbons (Fsp3) is 0. The molecule has 0 spiro atoms. The molecular weight excluding hydrogens is 274 g/mol. The van der Waals surface area contributed by atoms with Gasteiger partial charge in [0, 0.05) is 10.9 Å². The maximum absolute atomic E-state index is 12.4. The molecule has 3 nitrogen and oxygen atoms in total. The third-order valence-corrected chi connectivity index (χ3v) is 3.92. The summed E-state index contributed by atoms with van der Waals surface area (Å²) in [5.74, 6) is 0.103. The van der Waals surface area contributed by atoms with Crippen molar-refractivity contribution in [3.05, 3.63) is 77.1 Å². The number of H-pyrrole nitrogens is 1. The quantitative estimate of drug-likeness (QED) is 0.519. The third kappa shape index (κ3) is 1.87. The Hall–Kier alpha value is -3.07. The molecule has 0 unspecified atom stereocenters. The molecule has 1 aromatic heterocycles. The van der Waals surface area contributed by atoms with Crippen molar-refractivity contribution < 1.29 is 5.11 Å². The van der Waals surface area contributed by atoms with Crippen molar-refractivity contribution >= 4 is 21.5 Å². The second-order valence-corrected chi connectivity index (χ2v) is 5.29. The van der Waals surface area contributed by atoms with Crippen LogP contribution in [0.15, 0.2) is 71.5 Å². The van der Waals surface area contributed by atoms with Gasteiger partial charge in [-0.1, -0.05) is 54.6 Å². The van der Waals surface area contributed by atoms with E-state index in [2.05, 4.69) is 4.98 Å². The van der Waals surface area contributed by atoms with Crippen molar-refractivity contribution in [2.45, 2.75) is 0 Å². The van der Waals surface area contributed by atoms with Crippen LogP contribution in [0, 0.1) is 0 Å². The van der Waals surface area contributed by atoms with Crippen LogP contribution in [0.3, 0.4) is 0 Å². The molecule has 3 heteroatoms. The molecule has 1 heterocycles. The standard InChI is InChI=1S/C19H13NO2/c21-18-15-10-13-8-4-5-9-14(13)11-16(15)19(22)20-17(18)12-6-2-1-3-7-12/h1-11,21H,(H,20,22). The van der Waals surface area contributed by atoms with Crippen molar-refractivity contribution in [3.8, 4) is 17.0 Å². The van der Waals surface area contributed by atoms with Gasteiger partial charge in [0.15, 0.2) is 0 Å². The second kappa shape index (κ2) is 4.74. The summed E-state index contributed by atoms with van der Waals surface area (Å²) >= 11 is 0. The van der Waals surface area contributed by atoms with Crippen LogP contribution >= 0.6 is 0 Å². The van der Waals surface area contributed by atoms with Gasteiger partial charge in [0.1, 0.15) is 5.75 Å². The lowest BCUT2D eigenvalue weighted by atomic mass is 10.0. The van der Waals surface area contributed by atoms with Crippen molar-refractivity contribution in [1.29, 1.82) is 0 Å². The van der Waals surface area contributed by atoms with Crippen LogP contribution < -0.4 is 5.56 Å². The van der Waals surface area contributed by atoms with Gasteiger partial charge >= 0.3 is 0 Å². The number of aromatic amines is 1. The van der Waals surface area contributed by atoms with Crippen LogP contribution in [0.25, 0.3) is 32.8 Å². The number of hydrogen-bond donors (Lipinski definition) is 2. The Balaban J connectivity index is 2.12. The molecule has 4 aromatic rings. The summed E-state index contributed by atoms with van der Waals surface area (Å²) in [7, 11) is 0. The van der Waals surface area contributed by atoms with Crippen molar-refractivity contribution in [3.63, 3.8) is 0 Å². The second-order valence-electron chi connectivity index (χ2n) is 5.29. The highest BCUT2D eigenvalue weighted by molar-refractivity contribution is 6.02. The fourth-order valence-corrected chi connectivity index (χ4v) is 2.81. The number of rotatable bonds is 1. The van der Waals surface area contributed by atoms with E-state index < -0.39 is 0 Å². The predicted molar refractivity (Wildman–Crippen MR) is 89.2 cm³/mol. The average molecular weight is 287 g/mol. The molecule has 0 aliphatic rings. The molecule has 0 amide bonds. The van der Waals surface area contributed by atoms with Gasteiger partial charge in [-0.3, -0.25) is 4.79 Å². The molecule has 106 valence electrons. The minimum Gasteiger partial charge on any atom is -0.505 e. The van der Waals surface area contributed by atoms with Crippen LogP contribution in [0.5, 0.6) is 5.75 Å². The molecule has 0 bridgehead atoms. The maximum Gasteiger partial charge on any atom is 0.256 e. The zero-order valence-corrected chi connectivity index (χ0v) is 11.7. The van der Waals surface area contributed by atoms with Gasteiger partial charge < -0.3 is 10.1 Å². The molecule has 22 heavy (non-hydrogen) atoms. The first-order chi connectivity index (χ1) is 10.7. The number of aromatic nitrogens is 1. The minimum atomic E-state index is -0.197. The van der Waals surface area contributed by atoms with E-state index in [9.17, 15) is 9.90 Å². The molecular formula is C19H13NO2. The van der Waals surface area contributed by atoms with E-state index in [0.717, 1.165) is 16.3 Å². The van der Waals surface area contributed by atoms with E-state index in [1.54, 1.807) is 0 Å². The highest BCUT2D eigenvalue weighted by atomic mass is 16.3. The summed E-state index contributed by atoms with van der Waals surface area (Å²) in [6.07, 6.45) is 0. The molecule has 3 aromatic carbocycles. The zero-order chi connectivity index (χ0) is 15.1. The molecule has 0 atom stereocenters.